The summed E-state index contributed by atoms with van der Waals surface area (Å²) in [7, 11) is 1.58. The molecule has 0 saturated carbocycles. The number of amides is 1. The molecule has 1 unspecified atom stereocenters. The molecule has 0 aliphatic carbocycles. The highest BCUT2D eigenvalue weighted by Gasteiger charge is 2.42. The minimum absolute atomic E-state index is 0.0226. The number of carbonyl (C=O) groups excluding carboxylic acids is 1. The van der Waals surface area contributed by atoms with Crippen LogP contribution in [0.25, 0.3) is 0 Å². The zero-order chi connectivity index (χ0) is 14.7. The van der Waals surface area contributed by atoms with Crippen molar-refractivity contribution in [1.82, 2.24) is 4.90 Å². The lowest BCUT2D eigenvalue weighted by Crippen LogP contribution is -2.50. The van der Waals surface area contributed by atoms with Crippen molar-refractivity contribution < 1.29 is 19.4 Å². The molecule has 19 heavy (non-hydrogen) atoms. The van der Waals surface area contributed by atoms with Gasteiger partial charge in [0.1, 0.15) is 0 Å². The summed E-state index contributed by atoms with van der Waals surface area (Å²) < 4.78 is 5.26. The number of ether oxygens (including phenoxy) is 1. The third-order valence-electron chi connectivity index (χ3n) is 4.19. The number of methoxy groups -OCH3 is 1. The highest BCUT2D eigenvalue weighted by atomic mass is 16.5. The second-order valence-corrected chi connectivity index (χ2v) is 6.00. The van der Waals surface area contributed by atoms with E-state index < -0.39 is 17.0 Å². The third-order valence-corrected chi connectivity index (χ3v) is 4.19. The summed E-state index contributed by atoms with van der Waals surface area (Å²) in [6.07, 6.45) is 2.23. The maximum Gasteiger partial charge on any atom is 0.311 e. The molecule has 1 heterocycles. The second kappa shape index (κ2) is 5.90. The molecule has 110 valence electrons. The summed E-state index contributed by atoms with van der Waals surface area (Å²) >= 11 is 0. The summed E-state index contributed by atoms with van der Waals surface area (Å²) in [5.41, 5.74) is -1.28. The highest BCUT2D eigenvalue weighted by Crippen LogP contribution is 2.34. The Morgan fingerprint density at radius 2 is 2.05 bits per heavy atom. The van der Waals surface area contributed by atoms with Gasteiger partial charge in [-0.3, -0.25) is 9.59 Å². The van der Waals surface area contributed by atoms with E-state index in [9.17, 15) is 14.7 Å². The van der Waals surface area contributed by atoms with Crippen LogP contribution in [0.4, 0.5) is 0 Å². The smallest absolute Gasteiger partial charge is 0.311 e. The second-order valence-electron chi connectivity index (χ2n) is 6.00. The van der Waals surface area contributed by atoms with E-state index >= 15 is 0 Å². The number of carboxylic acids is 1. The van der Waals surface area contributed by atoms with Crippen LogP contribution < -0.4 is 0 Å². The molecule has 1 N–H and O–H groups in total. The molecule has 1 saturated heterocycles. The van der Waals surface area contributed by atoms with E-state index in [1.807, 2.05) is 20.8 Å². The number of carboxylic acid groups (broad SMARTS) is 1. The largest absolute Gasteiger partial charge is 0.481 e. The van der Waals surface area contributed by atoms with E-state index in [1.165, 1.54) is 0 Å². The van der Waals surface area contributed by atoms with Gasteiger partial charge in [-0.15, -0.1) is 0 Å². The summed E-state index contributed by atoms with van der Waals surface area (Å²) in [4.78, 5) is 25.4. The zero-order valence-corrected chi connectivity index (χ0v) is 12.4. The Morgan fingerprint density at radius 1 is 1.42 bits per heavy atom. The van der Waals surface area contributed by atoms with E-state index in [-0.39, 0.29) is 12.3 Å². The van der Waals surface area contributed by atoms with Crippen LogP contribution in [-0.2, 0) is 14.3 Å². The van der Waals surface area contributed by atoms with Crippen molar-refractivity contribution >= 4 is 11.9 Å². The zero-order valence-electron chi connectivity index (χ0n) is 12.4. The number of rotatable bonds is 5. The molecular weight excluding hydrogens is 246 g/mol. The predicted octanol–water partition coefficient (Wildman–Crippen LogP) is 1.90. The number of piperidine rings is 1. The Bertz CT molecular complexity index is 353. The fraction of sp³-hybridized carbons (Fsp3) is 0.857. The van der Waals surface area contributed by atoms with Gasteiger partial charge < -0.3 is 14.7 Å². The number of aliphatic carboxylic acids is 1. The lowest BCUT2D eigenvalue weighted by Gasteiger charge is -2.40. The maximum absolute atomic E-state index is 12.3. The SMILES string of the molecule is CCC1(C(=O)O)CCCN(C(=O)CC(C)(C)OC)C1. The van der Waals surface area contributed by atoms with E-state index in [4.69, 9.17) is 4.74 Å². The van der Waals surface area contributed by atoms with Crippen LogP contribution >= 0.6 is 0 Å². The molecule has 1 fully saturated rings. The van der Waals surface area contributed by atoms with Gasteiger partial charge in [0, 0.05) is 20.2 Å². The fourth-order valence-corrected chi connectivity index (χ4v) is 2.51. The Labute approximate surface area is 114 Å². The van der Waals surface area contributed by atoms with Crippen molar-refractivity contribution in [1.29, 1.82) is 0 Å². The van der Waals surface area contributed by atoms with E-state index in [2.05, 4.69) is 0 Å². The normalized spacial score (nSPS) is 24.3. The Hall–Kier alpha value is -1.10. The molecule has 1 amide bonds. The molecule has 0 aromatic heterocycles. The standard InChI is InChI=1S/C14H25NO4/c1-5-14(12(17)18)7-6-8-15(10-14)11(16)9-13(2,3)19-4/h5-10H2,1-4H3,(H,17,18). The van der Waals surface area contributed by atoms with Gasteiger partial charge in [-0.25, -0.2) is 0 Å². The molecular formula is C14H25NO4. The maximum atomic E-state index is 12.3. The van der Waals surface area contributed by atoms with Gasteiger partial charge in [0.05, 0.1) is 17.4 Å². The fourth-order valence-electron chi connectivity index (χ4n) is 2.51. The summed E-state index contributed by atoms with van der Waals surface area (Å²) in [5, 5.41) is 9.40. The molecule has 0 aromatic rings. The van der Waals surface area contributed by atoms with E-state index in [0.717, 1.165) is 6.42 Å². The molecule has 1 atom stereocenters. The topological polar surface area (TPSA) is 66.8 Å². The van der Waals surface area contributed by atoms with Crippen LogP contribution in [0.2, 0.25) is 0 Å². The Morgan fingerprint density at radius 3 is 2.53 bits per heavy atom. The van der Waals surface area contributed by atoms with E-state index in [1.54, 1.807) is 12.0 Å². The first-order chi connectivity index (χ1) is 8.76. The molecule has 1 aliphatic rings. The van der Waals surface area contributed by atoms with Crippen molar-refractivity contribution in [2.45, 2.75) is 52.1 Å². The van der Waals surface area contributed by atoms with Gasteiger partial charge in [0.2, 0.25) is 5.91 Å². The molecule has 0 bridgehead atoms. The molecule has 0 spiro atoms. The van der Waals surface area contributed by atoms with Gasteiger partial charge >= 0.3 is 5.97 Å². The lowest BCUT2D eigenvalue weighted by molar-refractivity contribution is -0.156. The van der Waals surface area contributed by atoms with Crippen molar-refractivity contribution in [3.8, 4) is 0 Å². The van der Waals surface area contributed by atoms with Gasteiger partial charge in [-0.1, -0.05) is 6.92 Å². The minimum atomic E-state index is -0.793. The summed E-state index contributed by atoms with van der Waals surface area (Å²) in [6, 6.07) is 0. The molecule has 5 nitrogen and oxygen atoms in total. The van der Waals surface area contributed by atoms with Crippen LogP contribution in [0.1, 0.15) is 46.5 Å². The molecule has 5 heteroatoms. The van der Waals surface area contributed by atoms with E-state index in [0.29, 0.717) is 25.9 Å². The van der Waals surface area contributed by atoms with Gasteiger partial charge in [0.15, 0.2) is 0 Å². The van der Waals surface area contributed by atoms with Crippen molar-refractivity contribution in [2.75, 3.05) is 20.2 Å². The van der Waals surface area contributed by atoms with Gasteiger partial charge in [0.25, 0.3) is 0 Å². The van der Waals surface area contributed by atoms with Crippen molar-refractivity contribution in [3.05, 3.63) is 0 Å². The molecule has 1 rings (SSSR count). The van der Waals surface area contributed by atoms with Crippen molar-refractivity contribution in [3.63, 3.8) is 0 Å². The Balaban J connectivity index is 2.74. The van der Waals surface area contributed by atoms with Gasteiger partial charge in [-0.05, 0) is 33.1 Å². The van der Waals surface area contributed by atoms with Crippen molar-refractivity contribution in [2.24, 2.45) is 5.41 Å². The molecule has 0 aromatic carbocycles. The quantitative estimate of drug-likeness (QED) is 0.829. The minimum Gasteiger partial charge on any atom is -0.481 e. The average molecular weight is 271 g/mol. The first kappa shape index (κ1) is 16.0. The first-order valence-corrected chi connectivity index (χ1v) is 6.83. The first-order valence-electron chi connectivity index (χ1n) is 6.83. The number of hydrogen-bond donors (Lipinski definition) is 1. The summed E-state index contributed by atoms with van der Waals surface area (Å²) in [6.45, 7) is 6.56. The van der Waals surface area contributed by atoms with Crippen LogP contribution in [0.5, 0.6) is 0 Å². The molecule has 0 radical (unpaired) electrons. The number of nitrogens with zero attached hydrogens (tertiary/aromatic N) is 1. The Kier molecular flexibility index (Phi) is 4.96. The van der Waals surface area contributed by atoms with Crippen LogP contribution in [0.15, 0.2) is 0 Å². The lowest BCUT2D eigenvalue weighted by atomic mass is 9.77. The molecule has 1 aliphatic heterocycles. The predicted molar refractivity (Wildman–Crippen MR) is 71.9 cm³/mol. The monoisotopic (exact) mass is 271 g/mol. The van der Waals surface area contributed by atoms with Crippen LogP contribution in [0, 0.1) is 5.41 Å². The third kappa shape index (κ3) is 3.69. The number of hydrogen-bond acceptors (Lipinski definition) is 3. The highest BCUT2D eigenvalue weighted by molar-refractivity contribution is 5.80. The number of likely N-dealkylation sites (tertiary alicyclic amines) is 1. The van der Waals surface area contributed by atoms with Crippen LogP contribution in [-0.4, -0.2) is 47.7 Å². The van der Waals surface area contributed by atoms with Crippen LogP contribution in [0.3, 0.4) is 0 Å². The van der Waals surface area contributed by atoms with Gasteiger partial charge in [-0.2, -0.15) is 0 Å². The average Bonchev–Trinajstić information content (AvgIpc) is 2.38. The number of carbonyl (C=O) groups is 2. The summed E-state index contributed by atoms with van der Waals surface area (Å²) in [5.74, 6) is -0.816.